The van der Waals surface area contributed by atoms with Crippen molar-refractivity contribution in [2.24, 2.45) is 0 Å². The number of para-hydroxylation sites is 1. The highest BCUT2D eigenvalue weighted by atomic mass is 16.2. The molecule has 27 heavy (non-hydrogen) atoms. The molecule has 0 radical (unpaired) electrons. The molecule has 0 unspecified atom stereocenters. The fourth-order valence-electron chi connectivity index (χ4n) is 2.95. The van der Waals surface area contributed by atoms with Crippen LogP contribution in [-0.4, -0.2) is 65.2 Å². The van der Waals surface area contributed by atoms with E-state index in [1.165, 1.54) is 0 Å². The maximum Gasteiger partial charge on any atom is 0.322 e. The molecule has 0 saturated heterocycles. The van der Waals surface area contributed by atoms with Crippen LogP contribution in [0.15, 0.2) is 36.4 Å². The van der Waals surface area contributed by atoms with Crippen LogP contribution < -0.4 is 10.6 Å². The molecular formula is C19H26N6O2. The van der Waals surface area contributed by atoms with E-state index < -0.39 is 0 Å². The van der Waals surface area contributed by atoms with E-state index in [9.17, 15) is 9.59 Å². The van der Waals surface area contributed by atoms with Crippen molar-refractivity contribution in [3.63, 3.8) is 0 Å². The Bertz CT molecular complexity index is 787. The van der Waals surface area contributed by atoms with Gasteiger partial charge in [-0.1, -0.05) is 18.2 Å². The van der Waals surface area contributed by atoms with Crippen LogP contribution in [0.4, 0.5) is 10.5 Å². The molecule has 1 aliphatic rings. The molecule has 8 nitrogen and oxygen atoms in total. The second-order valence-electron chi connectivity index (χ2n) is 6.87. The number of rotatable bonds is 5. The van der Waals surface area contributed by atoms with Crippen molar-refractivity contribution < 1.29 is 9.59 Å². The summed E-state index contributed by atoms with van der Waals surface area (Å²) in [6.07, 6.45) is 0.790. The van der Waals surface area contributed by atoms with Crippen LogP contribution in [0.1, 0.15) is 22.6 Å². The minimum atomic E-state index is -0.183. The first-order chi connectivity index (χ1) is 13.0. The molecular weight excluding hydrogens is 344 g/mol. The molecule has 144 valence electrons. The Morgan fingerprint density at radius 2 is 1.96 bits per heavy atom. The van der Waals surface area contributed by atoms with Crippen molar-refractivity contribution in [1.29, 1.82) is 0 Å². The molecule has 2 heterocycles. The van der Waals surface area contributed by atoms with Gasteiger partial charge in [-0.3, -0.25) is 9.48 Å². The number of nitrogens with zero attached hydrogens (tertiary/aromatic N) is 4. The smallest absolute Gasteiger partial charge is 0.322 e. The monoisotopic (exact) mass is 370 g/mol. The lowest BCUT2D eigenvalue weighted by atomic mass is 10.3. The summed E-state index contributed by atoms with van der Waals surface area (Å²) < 4.78 is 1.83. The highest BCUT2D eigenvalue weighted by Crippen LogP contribution is 2.15. The molecule has 0 fully saturated rings. The maximum absolute atomic E-state index is 12.6. The first kappa shape index (κ1) is 18.9. The summed E-state index contributed by atoms with van der Waals surface area (Å²) in [5.41, 5.74) is 2.03. The second-order valence-corrected chi connectivity index (χ2v) is 6.87. The maximum atomic E-state index is 12.6. The molecule has 1 aromatic heterocycles. The number of carbonyl (C=O) groups is 2. The van der Waals surface area contributed by atoms with Gasteiger partial charge in [0, 0.05) is 31.9 Å². The fourth-order valence-corrected chi connectivity index (χ4v) is 2.95. The van der Waals surface area contributed by atoms with E-state index in [2.05, 4.69) is 15.7 Å². The third-order valence-corrected chi connectivity index (χ3v) is 4.40. The zero-order valence-corrected chi connectivity index (χ0v) is 15.8. The number of hydrogen-bond donors (Lipinski definition) is 2. The number of fused-ring (bicyclic) bond motifs is 1. The quantitative estimate of drug-likeness (QED) is 0.838. The molecule has 0 atom stereocenters. The number of aryl methyl sites for hydroxylation is 1. The summed E-state index contributed by atoms with van der Waals surface area (Å²) in [6.45, 7) is 3.10. The molecule has 0 aliphatic carbocycles. The summed E-state index contributed by atoms with van der Waals surface area (Å²) in [7, 11) is 3.92. The first-order valence-corrected chi connectivity index (χ1v) is 9.13. The van der Waals surface area contributed by atoms with Crippen LogP contribution >= 0.6 is 0 Å². The van der Waals surface area contributed by atoms with Gasteiger partial charge in [-0.2, -0.15) is 5.10 Å². The van der Waals surface area contributed by atoms with Crippen molar-refractivity contribution in [2.75, 3.05) is 39.0 Å². The Morgan fingerprint density at radius 3 is 2.70 bits per heavy atom. The van der Waals surface area contributed by atoms with Gasteiger partial charge in [0.15, 0.2) is 5.69 Å². The summed E-state index contributed by atoms with van der Waals surface area (Å²) in [5, 5.41) is 10.2. The van der Waals surface area contributed by atoms with Crippen LogP contribution in [0.2, 0.25) is 0 Å². The molecule has 0 saturated carbocycles. The molecule has 1 aromatic carbocycles. The van der Waals surface area contributed by atoms with E-state index in [1.807, 2.05) is 54.0 Å². The third kappa shape index (κ3) is 5.07. The van der Waals surface area contributed by atoms with E-state index >= 15 is 0 Å². The summed E-state index contributed by atoms with van der Waals surface area (Å²) in [5.74, 6) is -0.183. The zero-order valence-electron chi connectivity index (χ0n) is 15.8. The van der Waals surface area contributed by atoms with Gasteiger partial charge in [0.1, 0.15) is 0 Å². The zero-order chi connectivity index (χ0) is 19.2. The highest BCUT2D eigenvalue weighted by molar-refractivity contribution is 5.92. The Morgan fingerprint density at radius 1 is 1.19 bits per heavy atom. The van der Waals surface area contributed by atoms with Gasteiger partial charge in [0.25, 0.3) is 5.91 Å². The number of amides is 3. The molecule has 0 spiro atoms. The predicted molar refractivity (Wildman–Crippen MR) is 104 cm³/mol. The number of anilines is 1. The van der Waals surface area contributed by atoms with Crippen LogP contribution in [0.5, 0.6) is 0 Å². The molecule has 3 amide bonds. The lowest BCUT2D eigenvalue weighted by Gasteiger charge is -2.20. The highest BCUT2D eigenvalue weighted by Gasteiger charge is 2.22. The second kappa shape index (κ2) is 8.68. The minimum Gasteiger partial charge on any atom is -0.349 e. The van der Waals surface area contributed by atoms with Crippen molar-refractivity contribution in [1.82, 2.24) is 24.9 Å². The van der Waals surface area contributed by atoms with Crippen LogP contribution in [0.25, 0.3) is 0 Å². The van der Waals surface area contributed by atoms with E-state index in [-0.39, 0.29) is 11.9 Å². The van der Waals surface area contributed by atoms with Crippen molar-refractivity contribution in [2.45, 2.75) is 19.5 Å². The number of aromatic nitrogens is 2. The summed E-state index contributed by atoms with van der Waals surface area (Å²) >= 11 is 0. The van der Waals surface area contributed by atoms with Gasteiger partial charge in [-0.25, -0.2) is 4.79 Å². The SMILES string of the molecule is CN(C)CCNC(=O)c1cc2n(n1)CCCN(C(=O)Nc1ccccc1)C2. The molecule has 2 aromatic rings. The van der Waals surface area contributed by atoms with Gasteiger partial charge in [-0.15, -0.1) is 0 Å². The Hall–Kier alpha value is -2.87. The Balaban J connectivity index is 1.63. The third-order valence-electron chi connectivity index (χ3n) is 4.40. The molecule has 3 rings (SSSR count). The van der Waals surface area contributed by atoms with E-state index in [1.54, 1.807) is 11.0 Å². The standard InChI is InChI=1S/C19H26N6O2/c1-23(2)12-9-20-18(26)17-13-16-14-24(10-6-11-25(16)22-17)19(27)21-15-7-4-3-5-8-15/h3-5,7-8,13H,6,9-12,14H2,1-2H3,(H,20,26)(H,21,27). The number of benzene rings is 1. The number of likely N-dealkylation sites (N-methyl/N-ethyl adjacent to an activating group) is 1. The van der Waals surface area contributed by atoms with Gasteiger partial charge < -0.3 is 20.4 Å². The fraction of sp³-hybridized carbons (Fsp3) is 0.421. The molecule has 2 N–H and O–H groups in total. The lowest BCUT2D eigenvalue weighted by Crippen LogP contribution is -2.34. The number of urea groups is 1. The van der Waals surface area contributed by atoms with Gasteiger partial charge >= 0.3 is 6.03 Å². The average Bonchev–Trinajstić information content (AvgIpc) is 2.94. The largest absolute Gasteiger partial charge is 0.349 e. The predicted octanol–water partition coefficient (Wildman–Crippen LogP) is 1.61. The number of hydrogen-bond acceptors (Lipinski definition) is 4. The van der Waals surface area contributed by atoms with Crippen LogP contribution in [0.3, 0.4) is 0 Å². The van der Waals surface area contributed by atoms with Crippen LogP contribution in [-0.2, 0) is 13.1 Å². The normalized spacial score (nSPS) is 13.8. The number of nitrogens with one attached hydrogen (secondary N) is 2. The number of carbonyl (C=O) groups excluding carboxylic acids is 2. The topological polar surface area (TPSA) is 82.5 Å². The molecule has 8 heteroatoms. The van der Waals surface area contributed by atoms with Crippen LogP contribution in [0, 0.1) is 0 Å². The van der Waals surface area contributed by atoms with Gasteiger partial charge in [0.05, 0.1) is 12.2 Å². The van der Waals surface area contributed by atoms with Gasteiger partial charge in [-0.05, 0) is 38.7 Å². The summed E-state index contributed by atoms with van der Waals surface area (Å²) in [6, 6.07) is 11.0. The molecule has 1 aliphatic heterocycles. The lowest BCUT2D eigenvalue weighted by molar-refractivity contribution is 0.0945. The first-order valence-electron chi connectivity index (χ1n) is 9.13. The van der Waals surface area contributed by atoms with Gasteiger partial charge in [0.2, 0.25) is 0 Å². The van der Waals surface area contributed by atoms with E-state index in [4.69, 9.17) is 0 Å². The van der Waals surface area contributed by atoms with E-state index in [0.717, 1.165) is 24.3 Å². The average molecular weight is 370 g/mol. The minimum absolute atomic E-state index is 0.146. The summed E-state index contributed by atoms with van der Waals surface area (Å²) in [4.78, 5) is 28.6. The molecule has 0 bridgehead atoms. The van der Waals surface area contributed by atoms with Crippen molar-refractivity contribution >= 4 is 17.6 Å². The van der Waals surface area contributed by atoms with Crippen molar-refractivity contribution in [3.05, 3.63) is 47.8 Å². The van der Waals surface area contributed by atoms with E-state index in [0.29, 0.717) is 31.9 Å². The van der Waals surface area contributed by atoms with Crippen molar-refractivity contribution in [3.8, 4) is 0 Å². The Labute approximate surface area is 159 Å². The Kier molecular flexibility index (Phi) is 6.08.